The maximum absolute atomic E-state index is 12.3. The minimum absolute atomic E-state index is 0.116. The average molecular weight is 488 g/mol. The number of thioether (sulfide) groups is 1. The monoisotopic (exact) mass is 487 g/mol. The zero-order valence-electron chi connectivity index (χ0n) is 16.5. The quantitative estimate of drug-likeness (QED) is 0.526. The highest BCUT2D eigenvalue weighted by Gasteiger charge is 2.15. The fourth-order valence-electron chi connectivity index (χ4n) is 3.15. The topological polar surface area (TPSA) is 74.5 Å². The number of anilines is 2. The van der Waals surface area contributed by atoms with Gasteiger partial charge in [0.25, 0.3) is 5.22 Å². The first-order valence-electron chi connectivity index (χ1n) is 9.62. The van der Waals surface area contributed by atoms with Crippen molar-refractivity contribution in [3.63, 3.8) is 0 Å². The Morgan fingerprint density at radius 2 is 1.90 bits per heavy atom. The molecule has 2 heterocycles. The summed E-state index contributed by atoms with van der Waals surface area (Å²) in [6.07, 6.45) is 0. The highest BCUT2D eigenvalue weighted by atomic mass is 79.9. The van der Waals surface area contributed by atoms with Crippen molar-refractivity contribution in [3.05, 3.63) is 53.0 Å². The van der Waals surface area contributed by atoms with Crippen LogP contribution in [0, 0.1) is 0 Å². The Hall–Kier alpha value is -2.36. The molecule has 3 aromatic rings. The second-order valence-corrected chi connectivity index (χ2v) is 8.90. The van der Waals surface area contributed by atoms with Crippen molar-refractivity contribution in [2.75, 3.05) is 49.2 Å². The van der Waals surface area contributed by atoms with E-state index in [2.05, 4.69) is 60.4 Å². The van der Waals surface area contributed by atoms with Crippen LogP contribution in [0.15, 0.2) is 62.6 Å². The molecule has 0 radical (unpaired) electrons. The number of nitrogens with zero attached hydrogens (tertiary/aromatic N) is 4. The number of nitrogens with one attached hydrogen (secondary N) is 1. The van der Waals surface area contributed by atoms with E-state index >= 15 is 0 Å². The lowest BCUT2D eigenvalue weighted by atomic mass is 10.2. The SMILES string of the molecule is CN1CCN(c2ccc(NC(=O)CSc3nnc(-c4cccc(Br)c4)o3)cc2)CC1. The van der Waals surface area contributed by atoms with Gasteiger partial charge in [-0.2, -0.15) is 0 Å². The van der Waals surface area contributed by atoms with E-state index in [9.17, 15) is 4.79 Å². The van der Waals surface area contributed by atoms with Crippen LogP contribution in [0.4, 0.5) is 11.4 Å². The van der Waals surface area contributed by atoms with Crippen molar-refractivity contribution in [1.82, 2.24) is 15.1 Å². The van der Waals surface area contributed by atoms with E-state index in [0.717, 1.165) is 41.9 Å². The summed E-state index contributed by atoms with van der Waals surface area (Å²) < 4.78 is 6.58. The van der Waals surface area contributed by atoms with Gasteiger partial charge in [-0.25, -0.2) is 0 Å². The number of carbonyl (C=O) groups excluding carboxylic acids is 1. The van der Waals surface area contributed by atoms with Crippen molar-refractivity contribution >= 4 is 45.0 Å². The summed E-state index contributed by atoms with van der Waals surface area (Å²) in [5.74, 6) is 0.508. The molecule has 7 nitrogen and oxygen atoms in total. The molecule has 1 N–H and O–H groups in total. The van der Waals surface area contributed by atoms with Crippen LogP contribution in [0.2, 0.25) is 0 Å². The van der Waals surface area contributed by atoms with Crippen LogP contribution in [-0.2, 0) is 4.79 Å². The summed E-state index contributed by atoms with van der Waals surface area (Å²) in [6.45, 7) is 4.17. The van der Waals surface area contributed by atoms with E-state index in [1.54, 1.807) is 0 Å². The lowest BCUT2D eigenvalue weighted by Crippen LogP contribution is -2.44. The second-order valence-electron chi connectivity index (χ2n) is 7.06. The van der Waals surface area contributed by atoms with Crippen LogP contribution >= 0.6 is 27.7 Å². The number of hydrogen-bond donors (Lipinski definition) is 1. The molecule has 1 saturated heterocycles. The van der Waals surface area contributed by atoms with E-state index in [0.29, 0.717) is 11.1 Å². The van der Waals surface area contributed by atoms with E-state index in [1.165, 1.54) is 17.4 Å². The van der Waals surface area contributed by atoms with Gasteiger partial charge in [0.1, 0.15) is 0 Å². The molecule has 0 saturated carbocycles. The van der Waals surface area contributed by atoms with Crippen LogP contribution in [-0.4, -0.2) is 60.0 Å². The number of halogens is 1. The van der Waals surface area contributed by atoms with Gasteiger partial charge in [-0.05, 0) is 49.5 Å². The molecule has 9 heteroatoms. The smallest absolute Gasteiger partial charge is 0.277 e. The zero-order chi connectivity index (χ0) is 20.9. The van der Waals surface area contributed by atoms with Crippen molar-refractivity contribution < 1.29 is 9.21 Å². The Morgan fingerprint density at radius 1 is 1.13 bits per heavy atom. The van der Waals surface area contributed by atoms with Gasteiger partial charge in [-0.15, -0.1) is 10.2 Å². The van der Waals surface area contributed by atoms with Crippen LogP contribution in [0.1, 0.15) is 0 Å². The molecule has 0 unspecified atom stereocenters. The van der Waals surface area contributed by atoms with Gasteiger partial charge in [0.05, 0.1) is 5.75 Å². The summed E-state index contributed by atoms with van der Waals surface area (Å²) in [7, 11) is 2.14. The Kier molecular flexibility index (Phi) is 6.71. The van der Waals surface area contributed by atoms with Crippen LogP contribution in [0.5, 0.6) is 0 Å². The van der Waals surface area contributed by atoms with Gasteiger partial charge in [0, 0.05) is 47.6 Å². The molecular formula is C21H22BrN5O2S. The van der Waals surface area contributed by atoms with Crippen molar-refractivity contribution in [3.8, 4) is 11.5 Å². The molecule has 1 amide bonds. The predicted octanol–water partition coefficient (Wildman–Crippen LogP) is 3.98. The molecule has 0 atom stereocenters. The fourth-order valence-corrected chi connectivity index (χ4v) is 4.11. The Morgan fingerprint density at radius 3 is 2.63 bits per heavy atom. The number of amides is 1. The highest BCUT2D eigenvalue weighted by Crippen LogP contribution is 2.25. The molecule has 2 aromatic carbocycles. The molecule has 156 valence electrons. The molecule has 0 bridgehead atoms. The molecule has 1 aliphatic rings. The third-order valence-electron chi connectivity index (χ3n) is 4.82. The minimum Gasteiger partial charge on any atom is -0.411 e. The third-order valence-corrected chi connectivity index (χ3v) is 6.14. The lowest BCUT2D eigenvalue weighted by molar-refractivity contribution is -0.113. The van der Waals surface area contributed by atoms with Crippen molar-refractivity contribution in [2.24, 2.45) is 0 Å². The maximum Gasteiger partial charge on any atom is 0.277 e. The second kappa shape index (κ2) is 9.63. The van der Waals surface area contributed by atoms with Gasteiger partial charge in [-0.1, -0.05) is 33.8 Å². The number of benzene rings is 2. The van der Waals surface area contributed by atoms with E-state index < -0.39 is 0 Å². The predicted molar refractivity (Wildman–Crippen MR) is 123 cm³/mol. The summed E-state index contributed by atoms with van der Waals surface area (Å²) in [5.41, 5.74) is 2.79. The minimum atomic E-state index is -0.116. The van der Waals surface area contributed by atoms with E-state index in [1.807, 2.05) is 36.4 Å². The third kappa shape index (κ3) is 5.41. The van der Waals surface area contributed by atoms with Crippen LogP contribution in [0.25, 0.3) is 11.5 Å². The van der Waals surface area contributed by atoms with Gasteiger partial charge >= 0.3 is 0 Å². The molecule has 0 spiro atoms. The number of piperazine rings is 1. The largest absolute Gasteiger partial charge is 0.411 e. The molecule has 1 fully saturated rings. The normalized spacial score (nSPS) is 14.7. The van der Waals surface area contributed by atoms with Crippen LogP contribution in [0.3, 0.4) is 0 Å². The molecule has 1 aliphatic heterocycles. The van der Waals surface area contributed by atoms with Crippen molar-refractivity contribution in [1.29, 1.82) is 0 Å². The number of aromatic nitrogens is 2. The average Bonchev–Trinajstić information content (AvgIpc) is 3.23. The van der Waals surface area contributed by atoms with Gasteiger partial charge < -0.3 is 19.5 Å². The molecular weight excluding hydrogens is 466 g/mol. The Bertz CT molecular complexity index is 1000. The first-order valence-corrected chi connectivity index (χ1v) is 11.4. The molecule has 0 aliphatic carbocycles. The first kappa shape index (κ1) is 20.9. The van der Waals surface area contributed by atoms with E-state index in [-0.39, 0.29) is 11.7 Å². The van der Waals surface area contributed by atoms with Gasteiger partial charge in [-0.3, -0.25) is 4.79 Å². The summed E-state index contributed by atoms with van der Waals surface area (Å²) in [6, 6.07) is 15.6. The van der Waals surface area contributed by atoms with E-state index in [4.69, 9.17) is 4.42 Å². The van der Waals surface area contributed by atoms with Crippen molar-refractivity contribution in [2.45, 2.75) is 5.22 Å². The molecule has 1 aromatic heterocycles. The lowest BCUT2D eigenvalue weighted by Gasteiger charge is -2.34. The highest BCUT2D eigenvalue weighted by molar-refractivity contribution is 9.10. The molecule has 30 heavy (non-hydrogen) atoms. The molecule has 4 rings (SSSR count). The summed E-state index contributed by atoms with van der Waals surface area (Å²) in [5, 5.41) is 11.3. The standard InChI is InChI=1S/C21H22BrN5O2S/c1-26-9-11-27(12-10-26)18-7-5-17(6-8-18)23-19(28)14-30-21-25-24-20(29-21)15-3-2-4-16(22)13-15/h2-8,13H,9-12,14H2,1H3,(H,23,28). The Balaban J connectivity index is 1.28. The number of hydrogen-bond acceptors (Lipinski definition) is 7. The first-order chi connectivity index (χ1) is 14.6. The number of rotatable bonds is 6. The van der Waals surface area contributed by atoms with Gasteiger partial charge in [0.15, 0.2) is 0 Å². The summed E-state index contributed by atoms with van der Waals surface area (Å²) >= 11 is 4.64. The number of likely N-dealkylation sites (N-methyl/N-ethyl adjacent to an activating group) is 1. The summed E-state index contributed by atoms with van der Waals surface area (Å²) in [4.78, 5) is 17.0. The Labute approximate surface area is 188 Å². The fraction of sp³-hybridized carbons (Fsp3) is 0.286. The van der Waals surface area contributed by atoms with Gasteiger partial charge in [0.2, 0.25) is 11.8 Å². The number of carbonyl (C=O) groups is 1. The zero-order valence-corrected chi connectivity index (χ0v) is 18.9. The maximum atomic E-state index is 12.3. The van der Waals surface area contributed by atoms with Crippen LogP contribution < -0.4 is 10.2 Å².